The Balaban J connectivity index is 1.93. The van der Waals surface area contributed by atoms with Gasteiger partial charge in [-0.1, -0.05) is 48.5 Å². The van der Waals surface area contributed by atoms with Crippen molar-refractivity contribution in [2.24, 2.45) is 0 Å². The molecule has 0 amide bonds. The number of aryl methyl sites for hydroxylation is 1. The van der Waals surface area contributed by atoms with Gasteiger partial charge in [-0.15, -0.1) is 0 Å². The molecule has 0 fully saturated rings. The minimum absolute atomic E-state index is 0.615. The van der Waals surface area contributed by atoms with Crippen LogP contribution < -0.4 is 4.90 Å². The van der Waals surface area contributed by atoms with E-state index in [1.807, 2.05) is 0 Å². The second-order valence-electron chi connectivity index (χ2n) is 5.48. The molecule has 3 rings (SSSR count). The van der Waals surface area contributed by atoms with Gasteiger partial charge in [-0.2, -0.15) is 0 Å². The van der Waals surface area contributed by atoms with Crippen molar-refractivity contribution in [1.29, 1.82) is 0 Å². The first-order valence-corrected chi connectivity index (χ1v) is 7.23. The number of hydrogen-bond acceptors (Lipinski definition) is 1. The van der Waals surface area contributed by atoms with Crippen molar-refractivity contribution in [3.8, 4) is 0 Å². The lowest BCUT2D eigenvalue weighted by molar-refractivity contribution is 0.581. The predicted molar refractivity (Wildman–Crippen MR) is 81.5 cm³/mol. The Morgan fingerprint density at radius 1 is 1.00 bits per heavy atom. The van der Waals surface area contributed by atoms with E-state index in [1.54, 1.807) is 0 Å². The largest absolute Gasteiger partial charge is 0.364 e. The van der Waals surface area contributed by atoms with Crippen LogP contribution in [-0.4, -0.2) is 6.04 Å². The lowest BCUT2D eigenvalue weighted by atomic mass is 10.1. The maximum Gasteiger partial charge on any atom is 0.0432 e. The molecule has 0 N–H and O–H groups in total. The number of fused-ring (bicyclic) bond motifs is 1. The molecule has 1 unspecified atom stereocenters. The van der Waals surface area contributed by atoms with E-state index in [2.05, 4.69) is 66.4 Å². The molecular formula is C18H21N. The van der Waals surface area contributed by atoms with Crippen LogP contribution in [-0.2, 0) is 13.0 Å². The smallest absolute Gasteiger partial charge is 0.0432 e. The third-order valence-corrected chi connectivity index (χ3v) is 4.10. The quantitative estimate of drug-likeness (QED) is 0.763. The molecule has 2 aromatic rings. The van der Waals surface area contributed by atoms with Gasteiger partial charge in [0.15, 0.2) is 0 Å². The van der Waals surface area contributed by atoms with E-state index in [1.165, 1.54) is 36.1 Å². The molecule has 0 radical (unpaired) electrons. The second kappa shape index (κ2) is 5.48. The van der Waals surface area contributed by atoms with Crippen molar-refractivity contribution in [2.45, 2.75) is 38.8 Å². The Bertz CT molecular complexity index is 532. The van der Waals surface area contributed by atoms with Gasteiger partial charge in [0.25, 0.3) is 0 Å². The van der Waals surface area contributed by atoms with Crippen LogP contribution in [0.25, 0.3) is 0 Å². The Morgan fingerprint density at radius 3 is 2.58 bits per heavy atom. The molecule has 0 saturated carbocycles. The summed E-state index contributed by atoms with van der Waals surface area (Å²) in [5.41, 5.74) is 4.32. The highest BCUT2D eigenvalue weighted by Gasteiger charge is 2.20. The van der Waals surface area contributed by atoms with Gasteiger partial charge in [0, 0.05) is 18.3 Å². The summed E-state index contributed by atoms with van der Waals surface area (Å²) in [7, 11) is 0. The predicted octanol–water partition coefficient (Wildman–Crippen LogP) is 4.42. The number of rotatable bonds is 2. The molecule has 1 nitrogen and oxygen atoms in total. The van der Waals surface area contributed by atoms with Gasteiger partial charge < -0.3 is 4.90 Å². The molecule has 98 valence electrons. The minimum atomic E-state index is 0.615. The Hall–Kier alpha value is -1.76. The molecule has 0 aliphatic carbocycles. The van der Waals surface area contributed by atoms with Crippen LogP contribution in [0, 0.1) is 0 Å². The monoisotopic (exact) mass is 251 g/mol. The molecule has 2 aromatic carbocycles. The van der Waals surface area contributed by atoms with Crippen LogP contribution in [0.15, 0.2) is 54.6 Å². The molecule has 1 aliphatic rings. The number of nitrogens with zero attached hydrogens (tertiary/aromatic N) is 1. The summed E-state index contributed by atoms with van der Waals surface area (Å²) in [5.74, 6) is 0. The maximum atomic E-state index is 2.57. The highest BCUT2D eigenvalue weighted by Crippen LogP contribution is 2.30. The first-order valence-electron chi connectivity index (χ1n) is 7.23. The van der Waals surface area contributed by atoms with E-state index in [0.29, 0.717) is 6.04 Å². The lowest BCUT2D eigenvalue weighted by Gasteiger charge is -2.31. The summed E-state index contributed by atoms with van der Waals surface area (Å²) < 4.78 is 0. The molecule has 19 heavy (non-hydrogen) atoms. The van der Waals surface area contributed by atoms with Gasteiger partial charge in [-0.05, 0) is 43.4 Å². The van der Waals surface area contributed by atoms with Gasteiger partial charge in [0.05, 0.1) is 0 Å². The molecule has 1 heteroatoms. The minimum Gasteiger partial charge on any atom is -0.364 e. The summed E-state index contributed by atoms with van der Waals surface area (Å²) in [6.07, 6.45) is 3.79. The number of benzene rings is 2. The van der Waals surface area contributed by atoms with Crippen molar-refractivity contribution >= 4 is 5.69 Å². The molecule has 0 aromatic heterocycles. The van der Waals surface area contributed by atoms with Crippen LogP contribution in [0.5, 0.6) is 0 Å². The zero-order valence-electron chi connectivity index (χ0n) is 11.5. The van der Waals surface area contributed by atoms with Crippen molar-refractivity contribution < 1.29 is 0 Å². The first-order chi connectivity index (χ1) is 9.34. The number of hydrogen-bond donors (Lipinski definition) is 0. The summed E-state index contributed by atoms with van der Waals surface area (Å²) in [6, 6.07) is 20.3. The zero-order chi connectivity index (χ0) is 13.1. The van der Waals surface area contributed by atoms with Crippen LogP contribution in [0.4, 0.5) is 5.69 Å². The molecule has 0 spiro atoms. The van der Waals surface area contributed by atoms with E-state index in [9.17, 15) is 0 Å². The Kier molecular flexibility index (Phi) is 3.54. The van der Waals surface area contributed by atoms with Gasteiger partial charge in [-0.3, -0.25) is 0 Å². The number of para-hydroxylation sites is 1. The van der Waals surface area contributed by atoms with Crippen molar-refractivity contribution in [1.82, 2.24) is 0 Å². The van der Waals surface area contributed by atoms with E-state index in [4.69, 9.17) is 0 Å². The highest BCUT2D eigenvalue weighted by atomic mass is 15.2. The van der Waals surface area contributed by atoms with Gasteiger partial charge in [-0.25, -0.2) is 0 Å². The van der Waals surface area contributed by atoms with E-state index in [-0.39, 0.29) is 0 Å². The standard InChI is InChI=1S/C18H21N/c1-15-8-7-12-17-11-5-6-13-18(17)19(15)14-16-9-3-2-4-10-16/h2-6,9-11,13,15H,7-8,12,14H2,1H3. The van der Waals surface area contributed by atoms with Crippen molar-refractivity contribution in [3.05, 3.63) is 65.7 Å². The summed E-state index contributed by atoms with van der Waals surface area (Å²) in [4.78, 5) is 2.57. The fourth-order valence-corrected chi connectivity index (χ4v) is 3.00. The molecule has 1 aliphatic heterocycles. The Morgan fingerprint density at radius 2 is 1.74 bits per heavy atom. The van der Waals surface area contributed by atoms with E-state index in [0.717, 1.165) is 6.54 Å². The topological polar surface area (TPSA) is 3.24 Å². The summed E-state index contributed by atoms with van der Waals surface area (Å²) in [5, 5.41) is 0. The molecule has 0 saturated heterocycles. The van der Waals surface area contributed by atoms with Crippen LogP contribution >= 0.6 is 0 Å². The number of anilines is 1. The Labute approximate surface area is 115 Å². The third-order valence-electron chi connectivity index (χ3n) is 4.10. The van der Waals surface area contributed by atoms with Gasteiger partial charge >= 0.3 is 0 Å². The lowest BCUT2D eigenvalue weighted by Crippen LogP contribution is -2.31. The molecule has 1 heterocycles. The average Bonchev–Trinajstić information content (AvgIpc) is 2.61. The van der Waals surface area contributed by atoms with E-state index < -0.39 is 0 Å². The molecule has 1 atom stereocenters. The van der Waals surface area contributed by atoms with E-state index >= 15 is 0 Å². The third kappa shape index (κ3) is 2.65. The summed E-state index contributed by atoms with van der Waals surface area (Å²) >= 11 is 0. The molecular weight excluding hydrogens is 230 g/mol. The summed E-state index contributed by atoms with van der Waals surface area (Å²) in [6.45, 7) is 3.37. The SMILES string of the molecule is CC1CCCc2ccccc2N1Cc1ccccc1. The fourth-order valence-electron chi connectivity index (χ4n) is 3.00. The highest BCUT2D eigenvalue weighted by molar-refractivity contribution is 5.55. The fraction of sp³-hybridized carbons (Fsp3) is 0.333. The normalized spacial score (nSPS) is 18.8. The van der Waals surface area contributed by atoms with Gasteiger partial charge in [0.1, 0.15) is 0 Å². The van der Waals surface area contributed by atoms with Crippen LogP contribution in [0.3, 0.4) is 0 Å². The van der Waals surface area contributed by atoms with Crippen molar-refractivity contribution in [2.75, 3.05) is 4.90 Å². The van der Waals surface area contributed by atoms with Gasteiger partial charge in [0.2, 0.25) is 0 Å². The average molecular weight is 251 g/mol. The zero-order valence-corrected chi connectivity index (χ0v) is 11.5. The van der Waals surface area contributed by atoms with Crippen molar-refractivity contribution in [3.63, 3.8) is 0 Å². The second-order valence-corrected chi connectivity index (χ2v) is 5.48. The van der Waals surface area contributed by atoms with Crippen LogP contribution in [0.2, 0.25) is 0 Å². The maximum absolute atomic E-state index is 2.57. The first kappa shape index (κ1) is 12.3. The van der Waals surface area contributed by atoms with Crippen LogP contribution in [0.1, 0.15) is 30.9 Å². The molecule has 0 bridgehead atoms.